The van der Waals surface area contributed by atoms with Crippen molar-refractivity contribution in [3.63, 3.8) is 0 Å². The van der Waals surface area contributed by atoms with E-state index >= 15 is 0 Å². The number of carbonyl (C=O) groups is 1. The maximum Gasteiger partial charge on any atom is 0.263 e. The Morgan fingerprint density at radius 1 is 1.38 bits per heavy atom. The molecule has 2 aliphatic heterocycles. The van der Waals surface area contributed by atoms with E-state index in [9.17, 15) is 4.79 Å². The molecule has 0 aromatic heterocycles. The average molecular weight is 309 g/mol. The molecule has 0 spiro atoms. The van der Waals surface area contributed by atoms with Gasteiger partial charge in [0.25, 0.3) is 5.91 Å². The first-order valence-electron chi connectivity index (χ1n) is 7.60. The third kappa shape index (κ3) is 3.16. The minimum Gasteiger partial charge on any atom is -0.481 e. The number of carbonyl (C=O) groups excluding carboxylic acids is 1. The van der Waals surface area contributed by atoms with Crippen LogP contribution in [0, 0.1) is 0 Å². The third-order valence-electron chi connectivity index (χ3n) is 4.37. The molecule has 1 aromatic rings. The van der Waals surface area contributed by atoms with Crippen LogP contribution in [-0.4, -0.2) is 42.1 Å². The summed E-state index contributed by atoms with van der Waals surface area (Å²) in [5, 5.41) is 4.02. The third-order valence-corrected chi connectivity index (χ3v) is 4.60. The molecule has 1 aromatic carbocycles. The number of rotatable bonds is 3. The molecule has 0 saturated carbocycles. The Labute approximate surface area is 130 Å². The van der Waals surface area contributed by atoms with Gasteiger partial charge in [-0.05, 0) is 50.9 Å². The van der Waals surface area contributed by atoms with Crippen LogP contribution in [0.5, 0.6) is 5.75 Å². The van der Waals surface area contributed by atoms with Crippen molar-refractivity contribution >= 4 is 17.5 Å². The van der Waals surface area contributed by atoms with Crippen LogP contribution in [0.4, 0.5) is 0 Å². The number of nitrogens with one attached hydrogen (secondary N) is 1. The second-order valence-corrected chi connectivity index (χ2v) is 6.28. The summed E-state index contributed by atoms with van der Waals surface area (Å²) in [4.78, 5) is 14.8. The van der Waals surface area contributed by atoms with Gasteiger partial charge in [0.15, 0.2) is 6.10 Å². The molecule has 2 heterocycles. The molecule has 0 aliphatic carbocycles. The number of hydrogen-bond donors (Lipinski definition) is 1. The highest BCUT2D eigenvalue weighted by Gasteiger charge is 2.40. The Balaban J connectivity index is 1.69. The van der Waals surface area contributed by atoms with Crippen LogP contribution in [0.1, 0.15) is 26.2 Å². The van der Waals surface area contributed by atoms with Crippen LogP contribution >= 0.6 is 11.6 Å². The van der Waals surface area contributed by atoms with E-state index in [1.54, 1.807) is 12.1 Å². The van der Waals surface area contributed by atoms with Crippen LogP contribution < -0.4 is 10.1 Å². The maximum absolute atomic E-state index is 12.7. The largest absolute Gasteiger partial charge is 0.481 e. The fourth-order valence-corrected chi connectivity index (χ4v) is 3.53. The fraction of sp³-hybridized carbons (Fsp3) is 0.562. The van der Waals surface area contributed by atoms with Crippen molar-refractivity contribution in [1.29, 1.82) is 0 Å². The van der Waals surface area contributed by atoms with Gasteiger partial charge in [0.05, 0.1) is 0 Å². The van der Waals surface area contributed by atoms with E-state index in [0.717, 1.165) is 32.4 Å². The Kier molecular flexibility index (Phi) is 4.36. The van der Waals surface area contributed by atoms with Crippen molar-refractivity contribution in [2.24, 2.45) is 0 Å². The predicted octanol–water partition coefficient (Wildman–Crippen LogP) is 2.46. The minimum atomic E-state index is -0.482. The zero-order valence-electron chi connectivity index (χ0n) is 12.2. The van der Waals surface area contributed by atoms with E-state index in [0.29, 0.717) is 22.9 Å². The second-order valence-electron chi connectivity index (χ2n) is 5.84. The number of nitrogens with zero attached hydrogens (tertiary/aromatic N) is 1. The molecular formula is C16H21ClN2O2. The smallest absolute Gasteiger partial charge is 0.263 e. The van der Waals surface area contributed by atoms with Crippen LogP contribution in [-0.2, 0) is 4.79 Å². The van der Waals surface area contributed by atoms with Gasteiger partial charge in [-0.25, -0.2) is 0 Å². The van der Waals surface area contributed by atoms with Crippen molar-refractivity contribution in [2.45, 2.75) is 44.4 Å². The molecule has 114 valence electrons. The van der Waals surface area contributed by atoms with Gasteiger partial charge in [-0.1, -0.05) is 17.7 Å². The molecule has 1 amide bonds. The molecule has 21 heavy (non-hydrogen) atoms. The van der Waals surface area contributed by atoms with Crippen LogP contribution in [0.2, 0.25) is 5.02 Å². The molecule has 2 aliphatic rings. The molecule has 2 bridgehead atoms. The fourth-order valence-electron chi connectivity index (χ4n) is 3.35. The zero-order valence-corrected chi connectivity index (χ0v) is 13.0. The summed E-state index contributed by atoms with van der Waals surface area (Å²) in [6.07, 6.45) is 2.76. The molecule has 5 heteroatoms. The van der Waals surface area contributed by atoms with Crippen molar-refractivity contribution in [2.75, 3.05) is 13.1 Å². The van der Waals surface area contributed by atoms with E-state index in [1.807, 2.05) is 19.1 Å². The summed E-state index contributed by atoms with van der Waals surface area (Å²) in [5.41, 5.74) is 0. The summed E-state index contributed by atoms with van der Waals surface area (Å²) >= 11 is 5.95. The molecule has 3 atom stereocenters. The summed E-state index contributed by atoms with van der Waals surface area (Å²) in [6.45, 7) is 3.71. The zero-order chi connectivity index (χ0) is 14.8. The summed E-state index contributed by atoms with van der Waals surface area (Å²) in [6, 6.07) is 7.87. The summed E-state index contributed by atoms with van der Waals surface area (Å²) < 4.78 is 5.78. The molecule has 0 radical (unpaired) electrons. The second kappa shape index (κ2) is 6.24. The van der Waals surface area contributed by atoms with E-state index in [4.69, 9.17) is 16.3 Å². The monoisotopic (exact) mass is 308 g/mol. The Bertz CT molecular complexity index is 509. The van der Waals surface area contributed by atoms with Crippen LogP contribution in [0.3, 0.4) is 0 Å². The number of ether oxygens (including phenoxy) is 1. The highest BCUT2D eigenvalue weighted by Crippen LogP contribution is 2.29. The van der Waals surface area contributed by atoms with Gasteiger partial charge < -0.3 is 15.0 Å². The van der Waals surface area contributed by atoms with Gasteiger partial charge >= 0.3 is 0 Å². The Morgan fingerprint density at radius 3 is 3.00 bits per heavy atom. The molecule has 2 saturated heterocycles. The first kappa shape index (κ1) is 14.7. The van der Waals surface area contributed by atoms with Gasteiger partial charge in [-0.2, -0.15) is 0 Å². The molecule has 4 nitrogen and oxygen atoms in total. The molecule has 1 N–H and O–H groups in total. The van der Waals surface area contributed by atoms with Crippen molar-refractivity contribution in [3.05, 3.63) is 29.3 Å². The predicted molar refractivity (Wildman–Crippen MR) is 82.7 cm³/mol. The molecular weight excluding hydrogens is 288 g/mol. The SMILES string of the molecule is CC(Oc1cccc(Cl)c1)C(=O)N1C2CCNCC1CC2. The molecule has 2 fully saturated rings. The number of halogens is 1. The average Bonchev–Trinajstić information content (AvgIpc) is 2.71. The number of hydrogen-bond acceptors (Lipinski definition) is 3. The highest BCUT2D eigenvalue weighted by molar-refractivity contribution is 6.30. The van der Waals surface area contributed by atoms with Crippen LogP contribution in [0.25, 0.3) is 0 Å². The lowest BCUT2D eigenvalue weighted by atomic mass is 10.1. The standard InChI is InChI=1S/C16H21ClN2O2/c1-11(21-15-4-2-3-12(17)9-15)16(20)19-13-5-6-14(19)10-18-8-7-13/h2-4,9,11,13-14,18H,5-8,10H2,1H3. The van der Waals surface area contributed by atoms with E-state index < -0.39 is 6.10 Å². The Morgan fingerprint density at radius 2 is 2.19 bits per heavy atom. The highest BCUT2D eigenvalue weighted by atomic mass is 35.5. The molecule has 3 rings (SSSR count). The number of amides is 1. The van der Waals surface area contributed by atoms with E-state index in [2.05, 4.69) is 10.2 Å². The van der Waals surface area contributed by atoms with Crippen molar-refractivity contribution < 1.29 is 9.53 Å². The van der Waals surface area contributed by atoms with Gasteiger partial charge in [-0.3, -0.25) is 4.79 Å². The van der Waals surface area contributed by atoms with Gasteiger partial charge in [0.1, 0.15) is 5.75 Å². The van der Waals surface area contributed by atoms with Gasteiger partial charge in [0.2, 0.25) is 0 Å². The van der Waals surface area contributed by atoms with Gasteiger partial charge in [-0.15, -0.1) is 0 Å². The number of fused-ring (bicyclic) bond motifs is 2. The first-order valence-corrected chi connectivity index (χ1v) is 7.98. The summed E-state index contributed by atoms with van der Waals surface area (Å²) in [5.74, 6) is 0.731. The minimum absolute atomic E-state index is 0.0891. The van der Waals surface area contributed by atoms with E-state index in [1.165, 1.54) is 0 Å². The first-order chi connectivity index (χ1) is 10.1. The van der Waals surface area contributed by atoms with E-state index in [-0.39, 0.29) is 5.91 Å². The van der Waals surface area contributed by atoms with Crippen molar-refractivity contribution in [1.82, 2.24) is 10.2 Å². The molecule has 3 unspecified atom stereocenters. The van der Waals surface area contributed by atoms with Crippen molar-refractivity contribution in [3.8, 4) is 5.75 Å². The Hall–Kier alpha value is -1.26. The quantitative estimate of drug-likeness (QED) is 0.932. The topological polar surface area (TPSA) is 41.6 Å². The lowest BCUT2D eigenvalue weighted by Gasteiger charge is -2.30. The van der Waals surface area contributed by atoms with Gasteiger partial charge in [0, 0.05) is 23.7 Å². The summed E-state index contributed by atoms with van der Waals surface area (Å²) in [7, 11) is 0. The van der Waals surface area contributed by atoms with Crippen LogP contribution in [0.15, 0.2) is 24.3 Å². The lowest BCUT2D eigenvalue weighted by Crippen LogP contribution is -2.48. The number of benzene rings is 1. The maximum atomic E-state index is 12.7. The lowest BCUT2D eigenvalue weighted by molar-refractivity contribution is -0.140. The normalized spacial score (nSPS) is 26.3.